The molecule has 0 aliphatic carbocycles. The third-order valence-corrected chi connectivity index (χ3v) is 3.63. The van der Waals surface area contributed by atoms with Gasteiger partial charge in [0, 0.05) is 18.3 Å². The normalized spacial score (nSPS) is 25.8. The summed E-state index contributed by atoms with van der Waals surface area (Å²) in [6.07, 6.45) is 5.64. The van der Waals surface area contributed by atoms with Crippen molar-refractivity contribution in [3.05, 3.63) is 17.8 Å². The molecule has 88 valence electrons. The molecule has 1 aromatic rings. The molecule has 2 rings (SSSR count). The first kappa shape index (κ1) is 11.2. The lowest BCUT2D eigenvalue weighted by Gasteiger charge is -2.40. The van der Waals surface area contributed by atoms with Crippen LogP contribution in [0.3, 0.4) is 0 Å². The summed E-state index contributed by atoms with van der Waals surface area (Å²) in [7, 11) is 0. The van der Waals surface area contributed by atoms with Gasteiger partial charge in [-0.15, -0.1) is 0 Å². The molecule has 0 radical (unpaired) electrons. The smallest absolute Gasteiger partial charge is 0.152 e. The molecule has 0 spiro atoms. The topological polar surface area (TPSA) is 42.2 Å². The lowest BCUT2D eigenvalue weighted by Crippen LogP contribution is -2.44. The van der Waals surface area contributed by atoms with E-state index in [-0.39, 0.29) is 0 Å². The van der Waals surface area contributed by atoms with E-state index in [1.165, 1.54) is 19.3 Å². The number of nitrogen functional groups attached to an aromatic ring is 1. The maximum Gasteiger partial charge on any atom is 0.152 e. The minimum atomic E-state index is 0.542. The minimum Gasteiger partial charge on any atom is -0.396 e. The molecular weight excluding hydrogens is 198 g/mol. The van der Waals surface area contributed by atoms with Crippen molar-refractivity contribution in [3.63, 3.8) is 0 Å². The fraction of sp³-hybridized carbons (Fsp3) is 0.615. The second kappa shape index (κ2) is 4.32. The molecule has 0 bridgehead atoms. The van der Waals surface area contributed by atoms with Crippen LogP contribution in [0.2, 0.25) is 0 Å². The highest BCUT2D eigenvalue weighted by molar-refractivity contribution is 5.67. The molecule has 2 heterocycles. The van der Waals surface area contributed by atoms with Gasteiger partial charge in [0.1, 0.15) is 0 Å². The Morgan fingerprint density at radius 3 is 2.56 bits per heavy atom. The zero-order chi connectivity index (χ0) is 11.7. The van der Waals surface area contributed by atoms with Crippen molar-refractivity contribution in [3.8, 4) is 0 Å². The number of piperidine rings is 1. The first-order valence-electron chi connectivity index (χ1n) is 6.10. The largest absolute Gasteiger partial charge is 0.396 e. The molecule has 3 heteroatoms. The Morgan fingerprint density at radius 2 is 1.94 bits per heavy atom. The Hall–Kier alpha value is -1.25. The number of nitrogens with two attached hydrogens (primary N) is 1. The molecule has 1 saturated heterocycles. The van der Waals surface area contributed by atoms with Crippen molar-refractivity contribution in [1.82, 2.24) is 4.98 Å². The Kier molecular flexibility index (Phi) is 3.03. The molecule has 2 N–H and O–H groups in total. The number of rotatable bonds is 1. The summed E-state index contributed by atoms with van der Waals surface area (Å²) in [5.74, 6) is 0.972. The van der Waals surface area contributed by atoms with Crippen LogP contribution in [0, 0.1) is 6.92 Å². The maximum absolute atomic E-state index is 6.13. The summed E-state index contributed by atoms with van der Waals surface area (Å²) in [4.78, 5) is 6.85. The molecule has 3 nitrogen and oxygen atoms in total. The first-order valence-corrected chi connectivity index (χ1v) is 6.10. The van der Waals surface area contributed by atoms with Crippen LogP contribution in [-0.4, -0.2) is 17.1 Å². The quantitative estimate of drug-likeness (QED) is 0.789. The molecule has 1 aromatic heterocycles. The second-order valence-electron chi connectivity index (χ2n) is 4.90. The highest BCUT2D eigenvalue weighted by Crippen LogP contribution is 2.32. The Morgan fingerprint density at radius 1 is 1.31 bits per heavy atom. The van der Waals surface area contributed by atoms with Crippen LogP contribution in [-0.2, 0) is 0 Å². The lowest BCUT2D eigenvalue weighted by atomic mass is 9.97. The van der Waals surface area contributed by atoms with Gasteiger partial charge in [0.05, 0.1) is 5.69 Å². The number of hydrogen-bond acceptors (Lipinski definition) is 3. The van der Waals surface area contributed by atoms with E-state index in [1.54, 1.807) is 0 Å². The molecule has 0 saturated carbocycles. The Bertz CT molecular complexity index is 365. The van der Waals surface area contributed by atoms with E-state index in [4.69, 9.17) is 5.73 Å². The van der Waals surface area contributed by atoms with E-state index in [1.807, 2.05) is 19.2 Å². The van der Waals surface area contributed by atoms with E-state index < -0.39 is 0 Å². The van der Waals surface area contributed by atoms with E-state index in [9.17, 15) is 0 Å². The SMILES string of the molecule is Cc1ccnc(N2C(C)CCCC2C)c1N. The van der Waals surface area contributed by atoms with Crippen LogP contribution < -0.4 is 10.6 Å². The van der Waals surface area contributed by atoms with Crippen molar-refractivity contribution in [2.75, 3.05) is 10.6 Å². The highest BCUT2D eigenvalue weighted by atomic mass is 15.2. The van der Waals surface area contributed by atoms with E-state index in [0.717, 1.165) is 17.1 Å². The van der Waals surface area contributed by atoms with Gasteiger partial charge < -0.3 is 10.6 Å². The molecule has 16 heavy (non-hydrogen) atoms. The van der Waals surface area contributed by atoms with Gasteiger partial charge in [-0.05, 0) is 51.7 Å². The predicted molar refractivity (Wildman–Crippen MR) is 68.6 cm³/mol. The predicted octanol–water partition coefficient (Wildman–Crippen LogP) is 2.74. The first-order chi connectivity index (χ1) is 7.61. The van der Waals surface area contributed by atoms with E-state index in [2.05, 4.69) is 23.7 Å². The zero-order valence-corrected chi connectivity index (χ0v) is 10.4. The summed E-state index contributed by atoms with van der Waals surface area (Å²) in [5, 5.41) is 0. The summed E-state index contributed by atoms with van der Waals surface area (Å²) < 4.78 is 0. The van der Waals surface area contributed by atoms with Gasteiger partial charge in [-0.25, -0.2) is 4.98 Å². The van der Waals surface area contributed by atoms with Gasteiger partial charge in [0.2, 0.25) is 0 Å². The number of anilines is 2. The monoisotopic (exact) mass is 219 g/mol. The number of pyridine rings is 1. The van der Waals surface area contributed by atoms with Crippen molar-refractivity contribution in [2.24, 2.45) is 0 Å². The molecule has 0 aromatic carbocycles. The average molecular weight is 219 g/mol. The number of hydrogen-bond donors (Lipinski definition) is 1. The number of aromatic nitrogens is 1. The van der Waals surface area contributed by atoms with Gasteiger partial charge in [-0.3, -0.25) is 0 Å². The minimum absolute atomic E-state index is 0.542. The van der Waals surface area contributed by atoms with Gasteiger partial charge in [0.25, 0.3) is 0 Å². The van der Waals surface area contributed by atoms with Crippen LogP contribution in [0.5, 0.6) is 0 Å². The molecule has 2 unspecified atom stereocenters. The molecule has 1 aliphatic rings. The molecule has 0 amide bonds. The van der Waals surface area contributed by atoms with Crippen molar-refractivity contribution in [2.45, 2.75) is 52.1 Å². The van der Waals surface area contributed by atoms with Gasteiger partial charge in [0.15, 0.2) is 5.82 Å². The molecule has 1 aliphatic heterocycles. The van der Waals surface area contributed by atoms with Gasteiger partial charge in [-0.2, -0.15) is 0 Å². The Balaban J connectivity index is 2.38. The summed E-state index contributed by atoms with van der Waals surface area (Å²) in [6, 6.07) is 3.05. The number of aryl methyl sites for hydroxylation is 1. The molecule has 2 atom stereocenters. The number of nitrogens with zero attached hydrogens (tertiary/aromatic N) is 2. The summed E-state index contributed by atoms with van der Waals surface area (Å²) >= 11 is 0. The summed E-state index contributed by atoms with van der Waals surface area (Å²) in [6.45, 7) is 6.57. The maximum atomic E-state index is 6.13. The van der Waals surface area contributed by atoms with Crippen LogP contribution in [0.25, 0.3) is 0 Å². The second-order valence-corrected chi connectivity index (χ2v) is 4.90. The van der Waals surface area contributed by atoms with Crippen molar-refractivity contribution >= 4 is 11.5 Å². The third kappa shape index (κ3) is 1.86. The van der Waals surface area contributed by atoms with Gasteiger partial charge in [-0.1, -0.05) is 0 Å². The highest BCUT2D eigenvalue weighted by Gasteiger charge is 2.27. The average Bonchev–Trinajstić information content (AvgIpc) is 2.24. The van der Waals surface area contributed by atoms with Crippen molar-refractivity contribution < 1.29 is 0 Å². The summed E-state index contributed by atoms with van der Waals surface area (Å²) in [5.41, 5.74) is 8.09. The van der Waals surface area contributed by atoms with Crippen LogP contribution in [0.1, 0.15) is 38.7 Å². The fourth-order valence-electron chi connectivity index (χ4n) is 2.60. The van der Waals surface area contributed by atoms with E-state index in [0.29, 0.717) is 12.1 Å². The Labute approximate surface area is 97.7 Å². The molecular formula is C13H21N3. The van der Waals surface area contributed by atoms with Gasteiger partial charge >= 0.3 is 0 Å². The third-order valence-electron chi connectivity index (χ3n) is 3.63. The van der Waals surface area contributed by atoms with E-state index >= 15 is 0 Å². The standard InChI is InChI=1S/C13H21N3/c1-9-7-8-15-13(12(9)14)16-10(2)5-4-6-11(16)3/h7-8,10-11H,4-6,14H2,1-3H3. The van der Waals surface area contributed by atoms with Crippen LogP contribution >= 0.6 is 0 Å². The zero-order valence-electron chi connectivity index (χ0n) is 10.4. The van der Waals surface area contributed by atoms with Crippen LogP contribution in [0.4, 0.5) is 11.5 Å². The van der Waals surface area contributed by atoms with Crippen molar-refractivity contribution in [1.29, 1.82) is 0 Å². The van der Waals surface area contributed by atoms with Crippen LogP contribution in [0.15, 0.2) is 12.3 Å². The lowest BCUT2D eigenvalue weighted by molar-refractivity contribution is 0.411. The molecule has 1 fully saturated rings. The fourth-order valence-corrected chi connectivity index (χ4v) is 2.60.